The van der Waals surface area contributed by atoms with Gasteiger partial charge in [-0.3, -0.25) is 13.6 Å². The van der Waals surface area contributed by atoms with Gasteiger partial charge in [0.2, 0.25) is 6.71 Å². The highest BCUT2D eigenvalue weighted by molar-refractivity contribution is 6.96. The van der Waals surface area contributed by atoms with Crippen molar-refractivity contribution in [2.45, 2.75) is 69.2 Å². The summed E-state index contributed by atoms with van der Waals surface area (Å²) in [7, 11) is -2.65. The first-order valence-electron chi connectivity index (χ1n) is 15.0. The molecule has 2 heterocycles. The quantitative estimate of drug-likeness (QED) is 0.214. The zero-order valence-electron chi connectivity index (χ0n) is 27.1. The molecule has 0 saturated carbocycles. The van der Waals surface area contributed by atoms with Crippen LogP contribution in [0.4, 0.5) is 8.63 Å². The van der Waals surface area contributed by atoms with E-state index >= 15 is 0 Å². The molecule has 218 valence electrons. The Kier molecular flexibility index (Phi) is 8.26. The van der Waals surface area contributed by atoms with E-state index in [-0.39, 0.29) is 6.71 Å². The molecule has 3 aromatic carbocycles. The highest BCUT2D eigenvalue weighted by Crippen LogP contribution is 2.37. The Bertz CT molecular complexity index is 1740. The minimum atomic E-state index is -2.65. The first-order valence-corrected chi connectivity index (χ1v) is 15.0. The molecule has 0 radical (unpaired) electrons. The number of halogens is 2. The molecule has 0 fully saturated rings. The molecule has 0 spiro atoms. The number of aromatic nitrogens is 1. The van der Waals surface area contributed by atoms with E-state index in [1.807, 2.05) is 32.9 Å². The summed E-state index contributed by atoms with van der Waals surface area (Å²) in [5.41, 5.74) is 17.5. The highest BCUT2D eigenvalue weighted by atomic mass is 19.2. The molecular weight excluding hydrogens is 532 g/mol. The van der Waals surface area contributed by atoms with E-state index in [2.05, 4.69) is 90.1 Å². The fourth-order valence-corrected chi connectivity index (χ4v) is 7.32. The van der Waals surface area contributed by atoms with Gasteiger partial charge in [-0.05, 0) is 98.1 Å². The van der Waals surface area contributed by atoms with Crippen molar-refractivity contribution in [3.05, 3.63) is 128 Å². The van der Waals surface area contributed by atoms with Crippen LogP contribution in [-0.2, 0) is 0 Å². The van der Waals surface area contributed by atoms with Crippen LogP contribution < -0.4 is 16.4 Å². The second-order valence-electron chi connectivity index (χ2n) is 12.4. The topological polar surface area (TPSA) is 17.3 Å². The largest absolute Gasteiger partial charge is 0.677 e. The summed E-state index contributed by atoms with van der Waals surface area (Å²) < 4.78 is 30.1. The average Bonchev–Trinajstić information content (AvgIpc) is 3.39. The number of nitrogens with zero attached hydrogens (tertiary/aromatic N) is 2. The van der Waals surface area contributed by atoms with Crippen molar-refractivity contribution < 1.29 is 8.63 Å². The number of hydrogen-bond acceptors (Lipinski definition) is 1. The SMILES string of the molecule is CC1=CC(C)=N/C1=C(/c1ccc(B(c2c(C)cc(C)cc2C)c2c(C)cc(C)cc2C)cc1)c1c(C)cc(C)n1B(F)F. The van der Waals surface area contributed by atoms with Crippen LogP contribution in [0.2, 0.25) is 0 Å². The molecule has 0 bridgehead atoms. The van der Waals surface area contributed by atoms with E-state index in [0.29, 0.717) is 11.4 Å². The van der Waals surface area contributed by atoms with E-state index in [4.69, 9.17) is 4.99 Å². The highest BCUT2D eigenvalue weighted by Gasteiger charge is 2.31. The van der Waals surface area contributed by atoms with E-state index in [1.54, 1.807) is 6.92 Å². The molecule has 0 aliphatic carbocycles. The number of hydrogen-bond donors (Lipinski definition) is 0. The third-order valence-electron chi connectivity index (χ3n) is 8.76. The normalized spacial score (nSPS) is 14.1. The summed E-state index contributed by atoms with van der Waals surface area (Å²) >= 11 is 0. The van der Waals surface area contributed by atoms with Crippen LogP contribution in [0.25, 0.3) is 5.57 Å². The van der Waals surface area contributed by atoms with Crippen molar-refractivity contribution in [3.8, 4) is 0 Å². The Labute approximate surface area is 256 Å². The van der Waals surface area contributed by atoms with Gasteiger partial charge in [0.1, 0.15) is 0 Å². The van der Waals surface area contributed by atoms with Crippen molar-refractivity contribution in [1.82, 2.24) is 4.48 Å². The molecule has 0 N–H and O–H groups in total. The van der Waals surface area contributed by atoms with Crippen molar-refractivity contribution in [2.75, 3.05) is 0 Å². The average molecular weight is 572 g/mol. The van der Waals surface area contributed by atoms with Crippen LogP contribution in [0.3, 0.4) is 0 Å². The first-order chi connectivity index (χ1) is 20.3. The Balaban J connectivity index is 1.76. The van der Waals surface area contributed by atoms with Crippen LogP contribution >= 0.6 is 0 Å². The molecule has 0 amide bonds. The maximum atomic E-state index is 14.5. The number of aliphatic imine (C=N–C) groups is 1. The summed E-state index contributed by atoms with van der Waals surface area (Å²) in [6.07, 6.45) is 2.02. The molecule has 1 aromatic heterocycles. The van der Waals surface area contributed by atoms with Gasteiger partial charge in [-0.25, -0.2) is 0 Å². The van der Waals surface area contributed by atoms with Gasteiger partial charge in [0.15, 0.2) is 0 Å². The minimum Gasteiger partial charge on any atom is -0.329 e. The van der Waals surface area contributed by atoms with Gasteiger partial charge in [0, 0.05) is 22.7 Å². The molecular formula is C37H40B2F2N2. The number of aryl methyl sites for hydroxylation is 8. The van der Waals surface area contributed by atoms with Gasteiger partial charge in [-0.15, -0.1) is 0 Å². The summed E-state index contributed by atoms with van der Waals surface area (Å²) in [5, 5.41) is 0. The lowest BCUT2D eigenvalue weighted by molar-refractivity contribution is 0.624. The molecule has 43 heavy (non-hydrogen) atoms. The maximum Gasteiger partial charge on any atom is 0.677 e. The van der Waals surface area contributed by atoms with Crippen LogP contribution in [-0.4, -0.2) is 24.3 Å². The predicted octanol–water partition coefficient (Wildman–Crippen LogP) is 7.42. The lowest BCUT2D eigenvalue weighted by Crippen LogP contribution is -2.55. The molecule has 5 rings (SSSR count). The number of rotatable bonds is 6. The van der Waals surface area contributed by atoms with Gasteiger partial charge in [-0.1, -0.05) is 98.3 Å². The zero-order valence-corrected chi connectivity index (χ0v) is 27.1. The smallest absolute Gasteiger partial charge is 0.329 e. The monoisotopic (exact) mass is 572 g/mol. The zero-order chi connectivity index (χ0) is 31.3. The lowest BCUT2D eigenvalue weighted by atomic mass is 9.34. The summed E-state index contributed by atoms with van der Waals surface area (Å²) in [5.74, 6) is 0. The second kappa shape index (κ2) is 11.6. The van der Waals surface area contributed by atoms with Crippen molar-refractivity contribution >= 4 is 41.8 Å². The van der Waals surface area contributed by atoms with Gasteiger partial charge >= 0.3 is 7.40 Å². The second-order valence-corrected chi connectivity index (χ2v) is 12.4. The third kappa shape index (κ3) is 5.60. The van der Waals surface area contributed by atoms with Gasteiger partial charge in [0.25, 0.3) is 0 Å². The molecule has 0 saturated heterocycles. The standard InChI is InChI=1S/C37H40B2F2N2/c1-21-15-23(3)34(24(4)16-21)38(35-25(5)17-22(2)18-26(35)6)32-13-11-31(12-14-32)33(36-27(7)19-29(9)42-36)37-28(8)20-30(10)43(37)39(40)41/h11-20H,1-10H3/b36-33-. The fraction of sp³-hybridized carbons (Fsp3) is 0.270. The Hall–Kier alpha value is -3.92. The van der Waals surface area contributed by atoms with E-state index < -0.39 is 7.40 Å². The van der Waals surface area contributed by atoms with Gasteiger partial charge < -0.3 is 4.48 Å². The predicted molar refractivity (Wildman–Crippen MR) is 183 cm³/mol. The Morgan fingerprint density at radius 2 is 1.14 bits per heavy atom. The van der Waals surface area contributed by atoms with Gasteiger partial charge in [-0.2, -0.15) is 0 Å². The van der Waals surface area contributed by atoms with Crippen molar-refractivity contribution in [3.63, 3.8) is 0 Å². The molecule has 1 aliphatic heterocycles. The Morgan fingerprint density at radius 3 is 1.56 bits per heavy atom. The third-order valence-corrected chi connectivity index (χ3v) is 8.76. The molecule has 4 aromatic rings. The van der Waals surface area contributed by atoms with E-state index in [1.165, 1.54) is 49.8 Å². The number of allylic oxidation sites excluding steroid dienone is 2. The van der Waals surface area contributed by atoms with Crippen LogP contribution in [0.5, 0.6) is 0 Å². The van der Waals surface area contributed by atoms with Crippen molar-refractivity contribution in [1.29, 1.82) is 0 Å². The molecule has 0 atom stereocenters. The summed E-state index contributed by atoms with van der Waals surface area (Å²) in [6.45, 7) is 20.7. The molecule has 2 nitrogen and oxygen atoms in total. The van der Waals surface area contributed by atoms with Gasteiger partial charge in [0.05, 0.1) is 5.70 Å². The molecule has 6 heteroatoms. The van der Waals surface area contributed by atoms with E-state index in [0.717, 1.165) is 38.2 Å². The number of benzene rings is 3. The lowest BCUT2D eigenvalue weighted by Gasteiger charge is -2.25. The molecule has 1 aliphatic rings. The summed E-state index contributed by atoms with van der Waals surface area (Å²) in [4.78, 5) is 4.83. The maximum absolute atomic E-state index is 14.5. The summed E-state index contributed by atoms with van der Waals surface area (Å²) in [6, 6.07) is 19.5. The van der Waals surface area contributed by atoms with E-state index in [9.17, 15) is 8.63 Å². The first kappa shape index (κ1) is 30.5. The minimum absolute atomic E-state index is 0.0358. The Morgan fingerprint density at radius 1 is 0.651 bits per heavy atom. The molecule has 0 unspecified atom stereocenters. The van der Waals surface area contributed by atoms with Crippen molar-refractivity contribution in [2.24, 2.45) is 4.99 Å². The fourth-order valence-electron chi connectivity index (χ4n) is 7.32. The van der Waals surface area contributed by atoms with Crippen LogP contribution in [0, 0.1) is 55.4 Å². The van der Waals surface area contributed by atoms with Crippen LogP contribution in [0.15, 0.2) is 76.9 Å². The van der Waals surface area contributed by atoms with Crippen LogP contribution in [0.1, 0.15) is 69.7 Å².